The van der Waals surface area contributed by atoms with E-state index in [1.54, 1.807) is 20.0 Å². The molecule has 5 nitrogen and oxygen atoms in total. The second-order valence-electron chi connectivity index (χ2n) is 5.71. The predicted molar refractivity (Wildman–Crippen MR) is 91.5 cm³/mol. The van der Waals surface area contributed by atoms with Gasteiger partial charge in [-0.2, -0.15) is 0 Å². The number of amides is 1. The van der Waals surface area contributed by atoms with Crippen LogP contribution in [-0.2, 0) is 0 Å². The van der Waals surface area contributed by atoms with Gasteiger partial charge in [0.05, 0.1) is 11.7 Å². The summed E-state index contributed by atoms with van der Waals surface area (Å²) in [7, 11) is 0. The first-order chi connectivity index (χ1) is 11.5. The fourth-order valence-electron chi connectivity index (χ4n) is 2.59. The number of carbonyl (C=O) groups excluding carboxylic acids is 1. The Morgan fingerprint density at radius 1 is 1.12 bits per heavy atom. The normalized spacial score (nSPS) is 12.0. The van der Waals surface area contributed by atoms with Gasteiger partial charge in [0.2, 0.25) is 5.76 Å². The van der Waals surface area contributed by atoms with Crippen molar-refractivity contribution < 1.29 is 9.21 Å². The van der Waals surface area contributed by atoms with Gasteiger partial charge < -0.3 is 9.73 Å². The molecule has 0 radical (unpaired) electrons. The van der Waals surface area contributed by atoms with E-state index in [1.807, 2.05) is 49.5 Å². The Balaban J connectivity index is 1.72. The number of benzene rings is 1. The van der Waals surface area contributed by atoms with Crippen LogP contribution in [0.3, 0.4) is 0 Å². The van der Waals surface area contributed by atoms with Crippen LogP contribution in [0.25, 0.3) is 11.1 Å². The van der Waals surface area contributed by atoms with Crippen LogP contribution in [0.2, 0.25) is 0 Å². The summed E-state index contributed by atoms with van der Waals surface area (Å²) < 4.78 is 5.36. The van der Waals surface area contributed by atoms with Gasteiger partial charge in [0, 0.05) is 19.3 Å². The molecule has 0 bridgehead atoms. The molecule has 0 spiro atoms. The van der Waals surface area contributed by atoms with Gasteiger partial charge >= 0.3 is 0 Å². The first-order valence-corrected chi connectivity index (χ1v) is 7.80. The van der Waals surface area contributed by atoms with E-state index in [0.717, 1.165) is 16.7 Å². The minimum absolute atomic E-state index is 0.134. The van der Waals surface area contributed by atoms with Gasteiger partial charge in [-0.25, -0.2) is 4.98 Å². The van der Waals surface area contributed by atoms with Crippen LogP contribution < -0.4 is 5.32 Å². The fourth-order valence-corrected chi connectivity index (χ4v) is 2.59. The molecule has 0 saturated carbocycles. The number of aromatic nitrogens is 2. The molecule has 0 saturated heterocycles. The Morgan fingerprint density at radius 2 is 1.88 bits per heavy atom. The van der Waals surface area contributed by atoms with Gasteiger partial charge in [-0.1, -0.05) is 30.3 Å². The lowest BCUT2D eigenvalue weighted by molar-refractivity contribution is 0.0909. The van der Waals surface area contributed by atoms with E-state index in [1.165, 1.54) is 0 Å². The number of pyridine rings is 1. The van der Waals surface area contributed by atoms with Crippen LogP contribution in [0.1, 0.15) is 40.7 Å². The molecule has 3 aromatic rings. The number of rotatable bonds is 4. The third kappa shape index (κ3) is 3.35. The summed E-state index contributed by atoms with van der Waals surface area (Å²) in [6, 6.07) is 11.9. The van der Waals surface area contributed by atoms with E-state index in [9.17, 15) is 4.79 Å². The SMILES string of the molecule is Cc1nc(C)c(C(=O)NC(C)c2ccc(-c3cccnc3)cc2)o1. The van der Waals surface area contributed by atoms with Gasteiger partial charge in [-0.15, -0.1) is 0 Å². The average Bonchev–Trinajstić information content (AvgIpc) is 2.94. The van der Waals surface area contributed by atoms with Crippen LogP contribution in [0, 0.1) is 13.8 Å². The monoisotopic (exact) mass is 321 g/mol. The molecule has 1 aromatic carbocycles. The third-order valence-corrected chi connectivity index (χ3v) is 3.86. The summed E-state index contributed by atoms with van der Waals surface area (Å²) in [4.78, 5) is 20.6. The van der Waals surface area contributed by atoms with Gasteiger partial charge in [-0.3, -0.25) is 9.78 Å². The van der Waals surface area contributed by atoms with Crippen molar-refractivity contribution in [2.45, 2.75) is 26.8 Å². The zero-order valence-corrected chi connectivity index (χ0v) is 13.9. The number of nitrogens with one attached hydrogen (secondary N) is 1. The topological polar surface area (TPSA) is 68.0 Å². The molecule has 0 fully saturated rings. The molecule has 2 aromatic heterocycles. The Bertz CT molecular complexity index is 839. The number of aryl methyl sites for hydroxylation is 2. The van der Waals surface area contributed by atoms with E-state index < -0.39 is 0 Å². The van der Waals surface area contributed by atoms with Crippen molar-refractivity contribution in [3.05, 3.63) is 71.7 Å². The standard InChI is InChI=1S/C19H19N3O2/c1-12(22-19(23)18-13(2)21-14(3)24-18)15-6-8-16(9-7-15)17-5-4-10-20-11-17/h4-12H,1-3H3,(H,22,23). The van der Waals surface area contributed by atoms with Crippen molar-refractivity contribution >= 4 is 5.91 Å². The van der Waals surface area contributed by atoms with Crippen molar-refractivity contribution in [2.24, 2.45) is 0 Å². The summed E-state index contributed by atoms with van der Waals surface area (Å²) in [5, 5.41) is 2.94. The zero-order valence-electron chi connectivity index (χ0n) is 13.9. The Kier molecular flexibility index (Phi) is 4.42. The summed E-state index contributed by atoms with van der Waals surface area (Å²) in [6.07, 6.45) is 3.58. The minimum Gasteiger partial charge on any atom is -0.436 e. The Hall–Kier alpha value is -2.95. The average molecular weight is 321 g/mol. The highest BCUT2D eigenvalue weighted by atomic mass is 16.4. The predicted octanol–water partition coefficient (Wildman–Crippen LogP) is 3.84. The highest BCUT2D eigenvalue weighted by Crippen LogP contribution is 2.21. The smallest absolute Gasteiger partial charge is 0.289 e. The second kappa shape index (κ2) is 6.66. The van der Waals surface area contributed by atoms with E-state index in [4.69, 9.17) is 4.42 Å². The molecule has 0 aliphatic heterocycles. The Labute approximate surface area is 140 Å². The number of carbonyl (C=O) groups is 1. The highest BCUT2D eigenvalue weighted by Gasteiger charge is 2.18. The maximum atomic E-state index is 12.3. The maximum absolute atomic E-state index is 12.3. The lowest BCUT2D eigenvalue weighted by atomic mass is 10.0. The van der Waals surface area contributed by atoms with Crippen LogP contribution in [0.4, 0.5) is 0 Å². The van der Waals surface area contributed by atoms with E-state index in [2.05, 4.69) is 15.3 Å². The molecule has 122 valence electrons. The number of nitrogens with zero attached hydrogens (tertiary/aromatic N) is 2. The molecule has 1 amide bonds. The van der Waals surface area contributed by atoms with Gasteiger partial charge in [0.1, 0.15) is 0 Å². The minimum atomic E-state index is -0.253. The molecular weight excluding hydrogens is 302 g/mol. The zero-order chi connectivity index (χ0) is 17.1. The van der Waals surface area contributed by atoms with Gasteiger partial charge in [0.15, 0.2) is 5.89 Å². The molecule has 2 heterocycles. The van der Waals surface area contributed by atoms with E-state index in [-0.39, 0.29) is 17.7 Å². The molecular formula is C19H19N3O2. The van der Waals surface area contributed by atoms with Crippen molar-refractivity contribution in [3.8, 4) is 11.1 Å². The lowest BCUT2D eigenvalue weighted by Gasteiger charge is -2.14. The number of oxazole rings is 1. The van der Waals surface area contributed by atoms with Crippen LogP contribution >= 0.6 is 0 Å². The van der Waals surface area contributed by atoms with Crippen LogP contribution in [-0.4, -0.2) is 15.9 Å². The van der Waals surface area contributed by atoms with Crippen LogP contribution in [0.5, 0.6) is 0 Å². The van der Waals surface area contributed by atoms with Crippen LogP contribution in [0.15, 0.2) is 53.2 Å². The molecule has 3 rings (SSSR count). The van der Waals surface area contributed by atoms with Crippen molar-refractivity contribution in [1.29, 1.82) is 0 Å². The second-order valence-corrected chi connectivity index (χ2v) is 5.71. The number of hydrogen-bond donors (Lipinski definition) is 1. The van der Waals surface area contributed by atoms with Gasteiger partial charge in [-0.05, 0) is 36.6 Å². The first kappa shape index (κ1) is 15.9. The molecule has 1 N–H and O–H groups in total. The Morgan fingerprint density at radius 3 is 2.46 bits per heavy atom. The molecule has 0 aliphatic rings. The third-order valence-electron chi connectivity index (χ3n) is 3.86. The summed E-state index contributed by atoms with van der Waals surface area (Å²) >= 11 is 0. The van der Waals surface area contributed by atoms with Crippen molar-refractivity contribution in [2.75, 3.05) is 0 Å². The molecule has 5 heteroatoms. The van der Waals surface area contributed by atoms with Gasteiger partial charge in [0.25, 0.3) is 5.91 Å². The van der Waals surface area contributed by atoms with E-state index >= 15 is 0 Å². The summed E-state index contributed by atoms with van der Waals surface area (Å²) in [5.74, 6) is 0.509. The van der Waals surface area contributed by atoms with Crippen molar-refractivity contribution in [1.82, 2.24) is 15.3 Å². The lowest BCUT2D eigenvalue weighted by Crippen LogP contribution is -2.26. The highest BCUT2D eigenvalue weighted by molar-refractivity contribution is 5.92. The maximum Gasteiger partial charge on any atom is 0.289 e. The fraction of sp³-hybridized carbons (Fsp3) is 0.211. The quantitative estimate of drug-likeness (QED) is 0.792. The summed E-state index contributed by atoms with van der Waals surface area (Å²) in [5.41, 5.74) is 3.77. The first-order valence-electron chi connectivity index (χ1n) is 7.80. The molecule has 1 unspecified atom stereocenters. The largest absolute Gasteiger partial charge is 0.436 e. The molecule has 0 aliphatic carbocycles. The summed E-state index contributed by atoms with van der Waals surface area (Å²) in [6.45, 7) is 5.43. The van der Waals surface area contributed by atoms with E-state index in [0.29, 0.717) is 11.6 Å². The molecule has 24 heavy (non-hydrogen) atoms. The number of hydrogen-bond acceptors (Lipinski definition) is 4. The molecule has 1 atom stereocenters. The van der Waals surface area contributed by atoms with Crippen molar-refractivity contribution in [3.63, 3.8) is 0 Å².